The average molecular weight is 350 g/mol. The second-order valence-electron chi connectivity index (χ2n) is 4.61. The summed E-state index contributed by atoms with van der Waals surface area (Å²) in [5, 5.41) is 0. The monoisotopic (exact) mass is 350 g/mol. The molecular weight excluding hydrogens is 336 g/mol. The van der Waals surface area contributed by atoms with E-state index in [-0.39, 0.29) is 0 Å². The number of nitrogens with zero attached hydrogens (tertiary/aromatic N) is 4. The summed E-state index contributed by atoms with van der Waals surface area (Å²) >= 11 is 1.18. The Hall–Kier alpha value is -3.19. The second kappa shape index (κ2) is 9.19. The Bertz CT molecular complexity index is 825. The molecular formula is C18H14N4O2S. The zero-order chi connectivity index (χ0) is 17.2. The van der Waals surface area contributed by atoms with Crippen molar-refractivity contribution in [3.63, 3.8) is 0 Å². The van der Waals surface area contributed by atoms with Crippen LogP contribution in [0.3, 0.4) is 0 Å². The number of rotatable bonds is 7. The summed E-state index contributed by atoms with van der Waals surface area (Å²) in [6.45, 7) is 0. The van der Waals surface area contributed by atoms with Crippen molar-refractivity contribution in [2.75, 3.05) is 0 Å². The van der Waals surface area contributed by atoms with Crippen molar-refractivity contribution in [1.29, 1.82) is 0 Å². The molecule has 6 nitrogen and oxygen atoms in total. The fraction of sp³-hybridized carbons (Fsp3) is 0. The Morgan fingerprint density at radius 2 is 1.60 bits per heavy atom. The first-order valence-electron chi connectivity index (χ1n) is 7.37. The molecule has 0 aliphatic heterocycles. The maximum absolute atomic E-state index is 5.51. The van der Waals surface area contributed by atoms with Crippen LogP contribution in [0.2, 0.25) is 0 Å². The summed E-state index contributed by atoms with van der Waals surface area (Å²) in [4.78, 5) is 12.3. The summed E-state index contributed by atoms with van der Waals surface area (Å²) in [6, 6.07) is 18.7. The Kier molecular flexibility index (Phi) is 6.12. The van der Waals surface area contributed by atoms with Crippen LogP contribution in [0.1, 0.15) is 0 Å². The van der Waals surface area contributed by atoms with E-state index in [1.54, 1.807) is 36.1 Å². The van der Waals surface area contributed by atoms with E-state index in [1.165, 1.54) is 18.3 Å². The second-order valence-corrected chi connectivity index (χ2v) is 5.24. The van der Waals surface area contributed by atoms with E-state index >= 15 is 0 Å². The van der Waals surface area contributed by atoms with Crippen molar-refractivity contribution in [2.45, 2.75) is 0 Å². The molecule has 7 heteroatoms. The first kappa shape index (κ1) is 16.7. The van der Waals surface area contributed by atoms with Gasteiger partial charge >= 0.3 is 6.01 Å². The molecule has 2 aromatic carbocycles. The molecule has 124 valence electrons. The third kappa shape index (κ3) is 5.74. The van der Waals surface area contributed by atoms with Crippen LogP contribution in [0.4, 0.5) is 5.69 Å². The van der Waals surface area contributed by atoms with E-state index in [1.807, 2.05) is 42.5 Å². The topological polar surface area (TPSA) is 69.0 Å². The van der Waals surface area contributed by atoms with Crippen molar-refractivity contribution in [2.24, 2.45) is 9.39 Å². The number of aromatic nitrogens is 2. The van der Waals surface area contributed by atoms with Crippen molar-refractivity contribution < 1.29 is 9.47 Å². The van der Waals surface area contributed by atoms with Crippen molar-refractivity contribution >= 4 is 29.6 Å². The van der Waals surface area contributed by atoms with Gasteiger partial charge in [-0.15, -0.1) is 0 Å². The Labute approximate surface area is 149 Å². The molecule has 0 fully saturated rings. The molecule has 0 aliphatic rings. The molecule has 25 heavy (non-hydrogen) atoms. The lowest BCUT2D eigenvalue weighted by atomic mass is 10.3. The number of para-hydroxylation sites is 1. The van der Waals surface area contributed by atoms with Gasteiger partial charge in [0.2, 0.25) is 0 Å². The van der Waals surface area contributed by atoms with Gasteiger partial charge in [-0.2, -0.15) is 4.40 Å². The molecule has 0 N–H and O–H groups in total. The van der Waals surface area contributed by atoms with E-state index in [0.29, 0.717) is 11.8 Å². The Balaban J connectivity index is 1.45. The molecule has 0 radical (unpaired) electrons. The average Bonchev–Trinajstić information content (AvgIpc) is 2.67. The number of hydrogen-bond donors (Lipinski definition) is 0. The van der Waals surface area contributed by atoms with Crippen LogP contribution >= 0.6 is 11.9 Å². The third-order valence-corrected chi connectivity index (χ3v) is 3.28. The van der Waals surface area contributed by atoms with Gasteiger partial charge in [0.25, 0.3) is 0 Å². The summed E-state index contributed by atoms with van der Waals surface area (Å²) in [5.41, 5.74) is 2.41. The van der Waals surface area contributed by atoms with Crippen LogP contribution in [-0.4, -0.2) is 21.9 Å². The molecule has 0 spiro atoms. The van der Waals surface area contributed by atoms with Crippen molar-refractivity contribution in [3.05, 3.63) is 73.1 Å². The van der Waals surface area contributed by atoms with Crippen LogP contribution in [0.25, 0.3) is 0 Å². The van der Waals surface area contributed by atoms with Crippen molar-refractivity contribution in [1.82, 2.24) is 9.97 Å². The summed E-state index contributed by atoms with van der Waals surface area (Å²) in [6.07, 6.45) is 4.63. The molecule has 0 aliphatic carbocycles. The quantitative estimate of drug-likeness (QED) is 0.351. The normalized spacial score (nSPS) is 11.0. The first-order valence-corrected chi connectivity index (χ1v) is 8.21. The fourth-order valence-electron chi connectivity index (χ4n) is 1.76. The van der Waals surface area contributed by atoms with E-state index < -0.39 is 0 Å². The van der Waals surface area contributed by atoms with Gasteiger partial charge in [0.1, 0.15) is 11.5 Å². The van der Waals surface area contributed by atoms with Gasteiger partial charge in [-0.1, -0.05) is 18.2 Å². The predicted molar refractivity (Wildman–Crippen MR) is 99.9 cm³/mol. The highest BCUT2D eigenvalue weighted by Crippen LogP contribution is 2.21. The SMILES string of the molecule is C(=N\S/C=N/c1ccc(Oc2ncccn2)cc1)/Oc1ccccc1. The fourth-order valence-corrected chi connectivity index (χ4v) is 2.08. The molecule has 0 atom stereocenters. The first-order chi connectivity index (χ1) is 12.4. The van der Waals surface area contributed by atoms with Crippen LogP contribution in [0.15, 0.2) is 82.4 Å². The van der Waals surface area contributed by atoms with Gasteiger partial charge in [0.15, 0.2) is 6.40 Å². The van der Waals surface area contributed by atoms with Gasteiger partial charge in [0.05, 0.1) is 11.2 Å². The lowest BCUT2D eigenvalue weighted by Gasteiger charge is -2.02. The highest BCUT2D eigenvalue weighted by Gasteiger charge is 1.98. The molecule has 0 amide bonds. The van der Waals surface area contributed by atoms with Gasteiger partial charge in [-0.05, 0) is 42.5 Å². The lowest BCUT2D eigenvalue weighted by molar-refractivity contribution is 0.442. The summed E-state index contributed by atoms with van der Waals surface area (Å²) in [5.74, 6) is 1.38. The zero-order valence-corrected chi connectivity index (χ0v) is 13.9. The molecule has 1 aromatic heterocycles. The standard InChI is InChI=1S/C18H14N4O2S/c1-2-5-16(6-3-1)23-13-22-25-14-21-15-7-9-17(10-8-15)24-18-19-11-4-12-20-18/h1-14H/b21-14+,22-13+. The van der Waals surface area contributed by atoms with E-state index in [9.17, 15) is 0 Å². The predicted octanol–water partition coefficient (Wildman–Crippen LogP) is 4.68. The molecule has 0 saturated heterocycles. The Morgan fingerprint density at radius 3 is 2.36 bits per heavy atom. The molecule has 1 heterocycles. The minimum absolute atomic E-state index is 0.307. The smallest absolute Gasteiger partial charge is 0.321 e. The van der Waals surface area contributed by atoms with Crippen molar-refractivity contribution in [3.8, 4) is 17.5 Å². The molecule has 0 unspecified atom stereocenters. The largest absolute Gasteiger partial charge is 0.445 e. The van der Waals surface area contributed by atoms with Gasteiger partial charge in [0, 0.05) is 24.3 Å². The molecule has 0 saturated carbocycles. The molecule has 3 aromatic rings. The Morgan fingerprint density at radius 1 is 0.840 bits per heavy atom. The van der Waals surface area contributed by atoms with Gasteiger partial charge in [-0.3, -0.25) is 0 Å². The maximum Gasteiger partial charge on any atom is 0.321 e. The van der Waals surface area contributed by atoms with Gasteiger partial charge < -0.3 is 9.47 Å². The minimum Gasteiger partial charge on any atom is -0.445 e. The minimum atomic E-state index is 0.307. The van der Waals surface area contributed by atoms with E-state index in [0.717, 1.165) is 11.4 Å². The zero-order valence-electron chi connectivity index (χ0n) is 13.1. The number of hydrogen-bond acceptors (Lipinski definition) is 7. The van der Waals surface area contributed by atoms with Gasteiger partial charge in [-0.25, -0.2) is 15.0 Å². The summed E-state index contributed by atoms with van der Waals surface area (Å²) in [7, 11) is 0. The van der Waals surface area contributed by atoms with E-state index in [4.69, 9.17) is 9.47 Å². The van der Waals surface area contributed by atoms with E-state index in [2.05, 4.69) is 19.4 Å². The highest BCUT2D eigenvalue weighted by molar-refractivity contribution is 8.11. The van der Waals surface area contributed by atoms with Crippen LogP contribution < -0.4 is 9.47 Å². The number of aliphatic imine (C=N–C) groups is 1. The van der Waals surface area contributed by atoms with Crippen LogP contribution in [0.5, 0.6) is 17.5 Å². The van der Waals surface area contributed by atoms with Crippen LogP contribution in [0, 0.1) is 0 Å². The maximum atomic E-state index is 5.51. The summed E-state index contributed by atoms with van der Waals surface area (Å²) < 4.78 is 14.9. The third-order valence-electron chi connectivity index (χ3n) is 2.87. The highest BCUT2D eigenvalue weighted by atomic mass is 32.2. The molecule has 3 rings (SSSR count). The lowest BCUT2D eigenvalue weighted by Crippen LogP contribution is -1.89. The number of ether oxygens (including phenoxy) is 2. The van der Waals surface area contributed by atoms with Crippen LogP contribution in [-0.2, 0) is 0 Å². The molecule has 0 bridgehead atoms. The number of benzene rings is 2.